The first-order chi connectivity index (χ1) is 13.7. The van der Waals surface area contributed by atoms with E-state index in [1.54, 1.807) is 0 Å². The van der Waals surface area contributed by atoms with E-state index >= 15 is 0 Å². The van der Waals surface area contributed by atoms with Crippen molar-refractivity contribution < 1.29 is 0 Å². The molecule has 0 N–H and O–H groups in total. The van der Waals surface area contributed by atoms with Gasteiger partial charge in [-0.15, -0.1) is 0 Å². The standard InChI is InChI=1S/C28H22/c1-19-17-27(22-11-7-4-8-12-22)28-25(20(19)2)15-14-24-18-23(13-16-26(24)28)21-9-5-3-6-10-21/h3-18H,1-2H3. The minimum Gasteiger partial charge on any atom is -0.0622 e. The molecule has 0 heteroatoms. The van der Waals surface area contributed by atoms with Crippen LogP contribution in [0.3, 0.4) is 0 Å². The van der Waals surface area contributed by atoms with E-state index in [-0.39, 0.29) is 0 Å². The fraction of sp³-hybridized carbons (Fsp3) is 0.0714. The molecule has 0 amide bonds. The topological polar surface area (TPSA) is 0 Å². The predicted octanol–water partition coefficient (Wildman–Crippen LogP) is 7.94. The highest BCUT2D eigenvalue weighted by atomic mass is 14.2. The minimum atomic E-state index is 1.26. The van der Waals surface area contributed by atoms with E-state index in [0.717, 1.165) is 0 Å². The molecule has 0 aliphatic heterocycles. The van der Waals surface area contributed by atoms with Crippen LogP contribution in [-0.4, -0.2) is 0 Å². The molecule has 0 unspecified atom stereocenters. The fourth-order valence-electron chi connectivity index (χ4n) is 4.20. The van der Waals surface area contributed by atoms with Crippen molar-refractivity contribution in [1.82, 2.24) is 0 Å². The maximum atomic E-state index is 2.34. The van der Waals surface area contributed by atoms with Gasteiger partial charge in [-0.3, -0.25) is 0 Å². The van der Waals surface area contributed by atoms with Crippen LogP contribution in [0, 0.1) is 13.8 Å². The van der Waals surface area contributed by atoms with Gasteiger partial charge in [0.25, 0.3) is 0 Å². The van der Waals surface area contributed by atoms with Gasteiger partial charge in [0.1, 0.15) is 0 Å². The first-order valence-corrected chi connectivity index (χ1v) is 9.80. The van der Waals surface area contributed by atoms with Gasteiger partial charge in [0, 0.05) is 0 Å². The Hall–Kier alpha value is -3.38. The third-order valence-electron chi connectivity index (χ3n) is 5.84. The average molecular weight is 358 g/mol. The summed E-state index contributed by atoms with van der Waals surface area (Å²) in [6.45, 7) is 4.44. The fourth-order valence-corrected chi connectivity index (χ4v) is 4.20. The zero-order valence-corrected chi connectivity index (χ0v) is 16.2. The van der Waals surface area contributed by atoms with Gasteiger partial charge in [0.2, 0.25) is 0 Å². The molecular formula is C28H22. The van der Waals surface area contributed by atoms with Gasteiger partial charge in [0.05, 0.1) is 0 Å². The molecule has 0 atom stereocenters. The highest BCUT2D eigenvalue weighted by molar-refractivity contribution is 6.16. The smallest absolute Gasteiger partial charge is 0.00240 e. The van der Waals surface area contributed by atoms with E-state index in [4.69, 9.17) is 0 Å². The second-order valence-corrected chi connectivity index (χ2v) is 7.52. The summed E-state index contributed by atoms with van der Waals surface area (Å²) in [5, 5.41) is 5.30. The van der Waals surface area contributed by atoms with Crippen LogP contribution < -0.4 is 0 Å². The van der Waals surface area contributed by atoms with Crippen LogP contribution in [0.5, 0.6) is 0 Å². The Morgan fingerprint density at radius 3 is 1.86 bits per heavy atom. The summed E-state index contributed by atoms with van der Waals surface area (Å²) in [7, 11) is 0. The monoisotopic (exact) mass is 358 g/mol. The molecule has 0 fully saturated rings. The first-order valence-electron chi connectivity index (χ1n) is 9.80. The van der Waals surface area contributed by atoms with Crippen molar-refractivity contribution in [3.05, 3.63) is 108 Å². The molecule has 134 valence electrons. The maximum absolute atomic E-state index is 2.34. The zero-order valence-electron chi connectivity index (χ0n) is 16.2. The van der Waals surface area contributed by atoms with Crippen molar-refractivity contribution in [1.29, 1.82) is 0 Å². The highest BCUT2D eigenvalue weighted by Gasteiger charge is 2.12. The molecule has 0 spiro atoms. The zero-order chi connectivity index (χ0) is 19.1. The molecule has 0 heterocycles. The SMILES string of the molecule is Cc1cc(-c2ccccc2)c2c(ccc3cc(-c4ccccc4)ccc32)c1C. The van der Waals surface area contributed by atoms with Gasteiger partial charge in [-0.1, -0.05) is 91.0 Å². The van der Waals surface area contributed by atoms with Gasteiger partial charge < -0.3 is 0 Å². The summed E-state index contributed by atoms with van der Waals surface area (Å²) in [6.07, 6.45) is 0. The number of fused-ring (bicyclic) bond motifs is 3. The normalized spacial score (nSPS) is 11.2. The Morgan fingerprint density at radius 2 is 1.14 bits per heavy atom. The molecule has 0 aliphatic carbocycles. The van der Waals surface area contributed by atoms with Crippen molar-refractivity contribution in [2.24, 2.45) is 0 Å². The quantitative estimate of drug-likeness (QED) is 0.281. The van der Waals surface area contributed by atoms with Crippen LogP contribution in [0.15, 0.2) is 97.1 Å². The van der Waals surface area contributed by atoms with Crippen LogP contribution >= 0.6 is 0 Å². The lowest BCUT2D eigenvalue weighted by Crippen LogP contribution is -1.91. The summed E-state index contributed by atoms with van der Waals surface area (Å²) < 4.78 is 0. The van der Waals surface area contributed by atoms with Crippen LogP contribution in [0.25, 0.3) is 43.8 Å². The lowest BCUT2D eigenvalue weighted by molar-refractivity contribution is 1.38. The molecule has 0 bridgehead atoms. The van der Waals surface area contributed by atoms with Crippen LogP contribution in [0.4, 0.5) is 0 Å². The first kappa shape index (κ1) is 16.8. The molecule has 28 heavy (non-hydrogen) atoms. The Balaban J connectivity index is 1.85. The van der Waals surface area contributed by atoms with Crippen LogP contribution in [0.2, 0.25) is 0 Å². The van der Waals surface area contributed by atoms with Gasteiger partial charge >= 0.3 is 0 Å². The van der Waals surface area contributed by atoms with Crippen molar-refractivity contribution in [3.63, 3.8) is 0 Å². The van der Waals surface area contributed by atoms with E-state index in [1.807, 2.05) is 0 Å². The third kappa shape index (κ3) is 2.70. The summed E-state index contributed by atoms with van der Waals surface area (Å²) in [5.41, 5.74) is 7.81. The Morgan fingerprint density at radius 1 is 0.500 bits per heavy atom. The van der Waals surface area contributed by atoms with Crippen molar-refractivity contribution in [2.45, 2.75) is 13.8 Å². The molecule has 0 saturated carbocycles. The molecule has 5 aromatic rings. The summed E-state index contributed by atoms with van der Waals surface area (Å²) in [6, 6.07) is 35.1. The number of aryl methyl sites for hydroxylation is 2. The van der Waals surface area contributed by atoms with Crippen LogP contribution in [0.1, 0.15) is 11.1 Å². The minimum absolute atomic E-state index is 1.26. The van der Waals surface area contributed by atoms with Crippen molar-refractivity contribution >= 4 is 21.5 Å². The largest absolute Gasteiger partial charge is 0.0622 e. The van der Waals surface area contributed by atoms with Gasteiger partial charge in [-0.05, 0) is 74.8 Å². The summed E-state index contributed by atoms with van der Waals surface area (Å²) >= 11 is 0. The molecule has 0 aliphatic rings. The van der Waals surface area contributed by atoms with Gasteiger partial charge in [0.15, 0.2) is 0 Å². The number of benzene rings is 5. The number of hydrogen-bond donors (Lipinski definition) is 0. The molecule has 5 rings (SSSR count). The molecule has 0 radical (unpaired) electrons. The number of rotatable bonds is 2. The van der Waals surface area contributed by atoms with Gasteiger partial charge in [-0.25, -0.2) is 0 Å². The molecule has 0 saturated heterocycles. The lowest BCUT2D eigenvalue weighted by Gasteiger charge is -2.16. The van der Waals surface area contributed by atoms with Crippen LogP contribution in [-0.2, 0) is 0 Å². The second kappa shape index (κ2) is 6.65. The van der Waals surface area contributed by atoms with Crippen molar-refractivity contribution in [2.75, 3.05) is 0 Å². The highest BCUT2D eigenvalue weighted by Crippen LogP contribution is 2.38. The molecule has 5 aromatic carbocycles. The molecule has 0 aromatic heterocycles. The Kier molecular flexibility index (Phi) is 3.98. The third-order valence-corrected chi connectivity index (χ3v) is 5.84. The predicted molar refractivity (Wildman–Crippen MR) is 122 cm³/mol. The second-order valence-electron chi connectivity index (χ2n) is 7.52. The Bertz CT molecular complexity index is 1300. The molecule has 0 nitrogen and oxygen atoms in total. The van der Waals surface area contributed by atoms with E-state index in [2.05, 4.69) is 111 Å². The summed E-state index contributed by atoms with van der Waals surface area (Å²) in [4.78, 5) is 0. The molecular weight excluding hydrogens is 336 g/mol. The maximum Gasteiger partial charge on any atom is -0.00240 e. The Labute approximate surface area is 166 Å². The van der Waals surface area contributed by atoms with E-state index in [0.29, 0.717) is 0 Å². The van der Waals surface area contributed by atoms with E-state index < -0.39 is 0 Å². The van der Waals surface area contributed by atoms with Gasteiger partial charge in [-0.2, -0.15) is 0 Å². The van der Waals surface area contributed by atoms with E-state index in [1.165, 1.54) is 54.9 Å². The van der Waals surface area contributed by atoms with Crippen molar-refractivity contribution in [3.8, 4) is 22.3 Å². The number of hydrogen-bond acceptors (Lipinski definition) is 0. The lowest BCUT2D eigenvalue weighted by atomic mass is 9.88. The average Bonchev–Trinajstić information content (AvgIpc) is 2.76. The van der Waals surface area contributed by atoms with E-state index in [9.17, 15) is 0 Å². The summed E-state index contributed by atoms with van der Waals surface area (Å²) in [5.74, 6) is 0.